The van der Waals surface area contributed by atoms with E-state index in [9.17, 15) is 0 Å². The third-order valence-electron chi connectivity index (χ3n) is 1.85. The van der Waals surface area contributed by atoms with E-state index >= 15 is 0 Å². The molecular formula is C9H15N. The fraction of sp³-hybridized carbons (Fsp3) is 0.667. The first-order valence-corrected chi connectivity index (χ1v) is 3.80. The quantitative estimate of drug-likeness (QED) is 0.486. The number of dihydropyridines is 1. The van der Waals surface area contributed by atoms with Crippen LogP contribution in [-0.4, -0.2) is 12.8 Å². The van der Waals surface area contributed by atoms with E-state index in [0.29, 0.717) is 5.41 Å². The Labute approximate surface area is 62.9 Å². The molecule has 1 heterocycles. The molecule has 0 fully saturated rings. The number of aliphatic imine (C=N–C) groups is 1. The van der Waals surface area contributed by atoms with Gasteiger partial charge in [-0.3, -0.25) is 4.99 Å². The van der Waals surface area contributed by atoms with Gasteiger partial charge in [-0.2, -0.15) is 0 Å². The second-order valence-electron chi connectivity index (χ2n) is 3.75. The Morgan fingerprint density at radius 2 is 2.10 bits per heavy atom. The molecule has 0 aromatic heterocycles. The second-order valence-corrected chi connectivity index (χ2v) is 3.75. The van der Waals surface area contributed by atoms with Crippen molar-refractivity contribution in [3.05, 3.63) is 11.6 Å². The summed E-state index contributed by atoms with van der Waals surface area (Å²) in [5.74, 6) is 0. The maximum Gasteiger partial charge on any atom is 0.0426 e. The normalized spacial score (nSPS) is 18.9. The lowest BCUT2D eigenvalue weighted by Gasteiger charge is -2.23. The van der Waals surface area contributed by atoms with Gasteiger partial charge in [-0.25, -0.2) is 0 Å². The van der Waals surface area contributed by atoms with Gasteiger partial charge in [0.1, 0.15) is 0 Å². The smallest absolute Gasteiger partial charge is 0.0426 e. The summed E-state index contributed by atoms with van der Waals surface area (Å²) in [4.78, 5) is 4.14. The van der Waals surface area contributed by atoms with Crippen molar-refractivity contribution in [3.63, 3.8) is 0 Å². The first-order chi connectivity index (χ1) is 4.61. The zero-order chi connectivity index (χ0) is 7.61. The molecule has 0 saturated carbocycles. The van der Waals surface area contributed by atoms with E-state index in [1.54, 1.807) is 0 Å². The average Bonchev–Trinajstić information content (AvgIpc) is 1.88. The van der Waals surface area contributed by atoms with Crippen LogP contribution in [0.2, 0.25) is 0 Å². The SMILES string of the molecule is CC(C)(C)C1=CC=NCC1. The highest BCUT2D eigenvalue weighted by atomic mass is 14.7. The highest BCUT2D eigenvalue weighted by Gasteiger charge is 2.16. The van der Waals surface area contributed by atoms with Crippen molar-refractivity contribution in [1.29, 1.82) is 0 Å². The first kappa shape index (κ1) is 7.52. The Morgan fingerprint density at radius 1 is 1.40 bits per heavy atom. The van der Waals surface area contributed by atoms with Crippen LogP contribution in [0.3, 0.4) is 0 Å². The van der Waals surface area contributed by atoms with Crippen molar-refractivity contribution >= 4 is 6.21 Å². The van der Waals surface area contributed by atoms with Crippen LogP contribution in [0, 0.1) is 5.41 Å². The van der Waals surface area contributed by atoms with Crippen LogP contribution in [0.1, 0.15) is 27.2 Å². The van der Waals surface area contributed by atoms with E-state index in [-0.39, 0.29) is 0 Å². The lowest BCUT2D eigenvalue weighted by molar-refractivity contribution is 0.483. The Bertz CT molecular complexity index is 170. The van der Waals surface area contributed by atoms with Gasteiger partial charge in [-0.1, -0.05) is 26.3 Å². The van der Waals surface area contributed by atoms with Gasteiger partial charge in [0, 0.05) is 12.8 Å². The predicted molar refractivity (Wildman–Crippen MR) is 45.5 cm³/mol. The summed E-state index contributed by atoms with van der Waals surface area (Å²) < 4.78 is 0. The molecule has 1 nitrogen and oxygen atoms in total. The zero-order valence-electron chi connectivity index (χ0n) is 7.02. The van der Waals surface area contributed by atoms with Gasteiger partial charge in [0.25, 0.3) is 0 Å². The molecule has 0 amide bonds. The molecule has 10 heavy (non-hydrogen) atoms. The standard InChI is InChI=1S/C9H15N/c1-9(2,3)8-4-6-10-7-5-8/h4,6H,5,7H2,1-3H3. The largest absolute Gasteiger partial charge is 0.293 e. The van der Waals surface area contributed by atoms with Crippen LogP contribution in [0.4, 0.5) is 0 Å². The number of hydrogen-bond donors (Lipinski definition) is 0. The molecule has 0 unspecified atom stereocenters. The summed E-state index contributed by atoms with van der Waals surface area (Å²) in [6.45, 7) is 7.72. The molecule has 1 aliphatic rings. The Hall–Kier alpha value is -0.590. The minimum absolute atomic E-state index is 0.340. The van der Waals surface area contributed by atoms with E-state index in [1.165, 1.54) is 5.57 Å². The molecule has 1 rings (SSSR count). The monoisotopic (exact) mass is 137 g/mol. The fourth-order valence-electron chi connectivity index (χ4n) is 1.11. The van der Waals surface area contributed by atoms with E-state index in [0.717, 1.165) is 13.0 Å². The topological polar surface area (TPSA) is 12.4 Å². The molecule has 1 heteroatoms. The molecule has 0 aliphatic carbocycles. The number of nitrogens with zero attached hydrogens (tertiary/aromatic N) is 1. The molecule has 0 atom stereocenters. The number of allylic oxidation sites excluding steroid dienone is 1. The lowest BCUT2D eigenvalue weighted by atomic mass is 9.84. The third-order valence-corrected chi connectivity index (χ3v) is 1.85. The lowest BCUT2D eigenvalue weighted by Crippen LogP contribution is -2.12. The van der Waals surface area contributed by atoms with Crippen LogP contribution in [0.15, 0.2) is 16.6 Å². The van der Waals surface area contributed by atoms with Gasteiger partial charge >= 0.3 is 0 Å². The van der Waals surface area contributed by atoms with Crippen molar-refractivity contribution in [2.24, 2.45) is 10.4 Å². The Balaban J connectivity index is 2.72. The Kier molecular flexibility index (Phi) is 1.93. The van der Waals surface area contributed by atoms with Crippen molar-refractivity contribution < 1.29 is 0 Å². The summed E-state index contributed by atoms with van der Waals surface area (Å²) >= 11 is 0. The molecule has 0 radical (unpaired) electrons. The highest BCUT2D eigenvalue weighted by Crippen LogP contribution is 2.28. The molecule has 0 N–H and O–H groups in total. The first-order valence-electron chi connectivity index (χ1n) is 3.80. The molecular weight excluding hydrogens is 122 g/mol. The van der Waals surface area contributed by atoms with Crippen molar-refractivity contribution in [1.82, 2.24) is 0 Å². The van der Waals surface area contributed by atoms with Gasteiger partial charge in [0.2, 0.25) is 0 Å². The van der Waals surface area contributed by atoms with E-state index in [2.05, 4.69) is 31.8 Å². The molecule has 0 saturated heterocycles. The van der Waals surface area contributed by atoms with E-state index in [4.69, 9.17) is 0 Å². The number of rotatable bonds is 0. The van der Waals surface area contributed by atoms with Gasteiger partial charge < -0.3 is 0 Å². The maximum absolute atomic E-state index is 4.14. The van der Waals surface area contributed by atoms with Crippen LogP contribution < -0.4 is 0 Å². The van der Waals surface area contributed by atoms with Gasteiger partial charge in [0.05, 0.1) is 0 Å². The van der Waals surface area contributed by atoms with Gasteiger partial charge in [-0.05, 0) is 17.9 Å². The van der Waals surface area contributed by atoms with Crippen molar-refractivity contribution in [3.8, 4) is 0 Å². The van der Waals surface area contributed by atoms with Crippen molar-refractivity contribution in [2.75, 3.05) is 6.54 Å². The molecule has 0 aromatic carbocycles. The van der Waals surface area contributed by atoms with Crippen LogP contribution in [-0.2, 0) is 0 Å². The van der Waals surface area contributed by atoms with Gasteiger partial charge in [-0.15, -0.1) is 0 Å². The van der Waals surface area contributed by atoms with Crippen LogP contribution >= 0.6 is 0 Å². The zero-order valence-corrected chi connectivity index (χ0v) is 7.02. The van der Waals surface area contributed by atoms with E-state index in [1.807, 2.05) is 6.21 Å². The summed E-state index contributed by atoms with van der Waals surface area (Å²) in [6, 6.07) is 0. The van der Waals surface area contributed by atoms with Crippen LogP contribution in [0.5, 0.6) is 0 Å². The summed E-state index contributed by atoms with van der Waals surface area (Å²) in [6.07, 6.45) is 5.20. The molecule has 1 aliphatic heterocycles. The van der Waals surface area contributed by atoms with Crippen molar-refractivity contribution in [2.45, 2.75) is 27.2 Å². The molecule has 0 spiro atoms. The number of hydrogen-bond acceptors (Lipinski definition) is 1. The summed E-state index contributed by atoms with van der Waals surface area (Å²) in [5.41, 5.74) is 1.86. The molecule has 56 valence electrons. The maximum atomic E-state index is 4.14. The summed E-state index contributed by atoms with van der Waals surface area (Å²) in [5, 5.41) is 0. The minimum atomic E-state index is 0.340. The summed E-state index contributed by atoms with van der Waals surface area (Å²) in [7, 11) is 0. The second kappa shape index (κ2) is 2.57. The third kappa shape index (κ3) is 1.69. The van der Waals surface area contributed by atoms with Crippen LogP contribution in [0.25, 0.3) is 0 Å². The molecule has 0 aromatic rings. The average molecular weight is 137 g/mol. The molecule has 0 bridgehead atoms. The fourth-order valence-corrected chi connectivity index (χ4v) is 1.11. The Morgan fingerprint density at radius 3 is 2.40 bits per heavy atom. The predicted octanol–water partition coefficient (Wildman–Crippen LogP) is 2.43. The minimum Gasteiger partial charge on any atom is -0.293 e. The van der Waals surface area contributed by atoms with E-state index < -0.39 is 0 Å². The highest BCUT2D eigenvalue weighted by molar-refractivity contribution is 5.73. The van der Waals surface area contributed by atoms with Gasteiger partial charge in [0.15, 0.2) is 0 Å².